The molecule has 0 aliphatic rings. The van der Waals surface area contributed by atoms with Crippen molar-refractivity contribution >= 4 is 11.6 Å². The Kier molecular flexibility index (Phi) is 5.38. The van der Waals surface area contributed by atoms with E-state index in [0.717, 1.165) is 12.1 Å². The Morgan fingerprint density at radius 2 is 1.83 bits per heavy atom. The van der Waals surface area contributed by atoms with E-state index in [2.05, 4.69) is 27.4 Å². The predicted octanol–water partition coefficient (Wildman–Crippen LogP) is 4.25. The lowest BCUT2D eigenvalue weighted by Gasteiger charge is -2.07. The van der Waals surface area contributed by atoms with Crippen molar-refractivity contribution < 1.29 is 13.7 Å². The number of rotatable bonds is 6. The molecule has 1 amide bonds. The summed E-state index contributed by atoms with van der Waals surface area (Å²) < 4.78 is 20.1. The summed E-state index contributed by atoms with van der Waals surface area (Å²) in [5.74, 6) is 0.714. The molecule has 152 valence electrons. The van der Waals surface area contributed by atoms with Gasteiger partial charge in [-0.2, -0.15) is 4.98 Å². The first-order valence-electron chi connectivity index (χ1n) is 9.54. The fraction of sp³-hybridized carbons (Fsp3) is 0.182. The van der Waals surface area contributed by atoms with E-state index in [9.17, 15) is 9.18 Å². The average molecular weight is 405 g/mol. The zero-order chi connectivity index (χ0) is 21.1. The van der Waals surface area contributed by atoms with Gasteiger partial charge in [-0.15, -0.1) is 0 Å². The van der Waals surface area contributed by atoms with Crippen LogP contribution in [0.25, 0.3) is 23.0 Å². The quantitative estimate of drug-likeness (QED) is 0.518. The Balaban J connectivity index is 1.46. The number of hydrogen-bond acceptors (Lipinski definition) is 5. The van der Waals surface area contributed by atoms with E-state index in [0.29, 0.717) is 22.9 Å². The number of benzene rings is 2. The van der Waals surface area contributed by atoms with Gasteiger partial charge in [0.15, 0.2) is 0 Å². The van der Waals surface area contributed by atoms with Gasteiger partial charge in [-0.25, -0.2) is 9.37 Å². The molecule has 0 atom stereocenters. The van der Waals surface area contributed by atoms with E-state index < -0.39 is 0 Å². The van der Waals surface area contributed by atoms with Crippen molar-refractivity contribution in [1.82, 2.24) is 19.7 Å². The van der Waals surface area contributed by atoms with Gasteiger partial charge in [-0.3, -0.25) is 4.79 Å². The van der Waals surface area contributed by atoms with Crippen LogP contribution in [0.1, 0.15) is 18.3 Å². The summed E-state index contributed by atoms with van der Waals surface area (Å²) in [6, 6.07) is 13.5. The topological polar surface area (TPSA) is 85.8 Å². The van der Waals surface area contributed by atoms with E-state index in [1.54, 1.807) is 29.8 Å². The normalized spacial score (nSPS) is 10.9. The molecule has 0 spiro atoms. The summed E-state index contributed by atoms with van der Waals surface area (Å²) in [5.41, 5.74) is 3.06. The molecule has 2 aromatic heterocycles. The third-order valence-corrected chi connectivity index (χ3v) is 4.68. The van der Waals surface area contributed by atoms with Crippen LogP contribution in [0.5, 0.6) is 0 Å². The van der Waals surface area contributed by atoms with Gasteiger partial charge in [0.05, 0.1) is 0 Å². The molecule has 1 N–H and O–H groups in total. The van der Waals surface area contributed by atoms with Crippen LogP contribution in [0.15, 0.2) is 59.3 Å². The standard InChI is InChI=1S/C22H20FN5O2/c1-3-15-4-10-18(11-5-15)25-20(29)13-28-12-19(24-14(28)2)21-26-22(30-27-21)16-6-8-17(23)9-7-16/h4-12H,3,13H2,1-2H3,(H,25,29). The molecule has 2 heterocycles. The second kappa shape index (κ2) is 8.28. The average Bonchev–Trinajstić information content (AvgIpc) is 3.36. The minimum atomic E-state index is -0.340. The van der Waals surface area contributed by atoms with E-state index >= 15 is 0 Å². The van der Waals surface area contributed by atoms with Crippen molar-refractivity contribution in [1.29, 1.82) is 0 Å². The molecular weight excluding hydrogens is 385 g/mol. The molecule has 0 saturated heterocycles. The molecule has 0 unspecified atom stereocenters. The molecule has 0 bridgehead atoms. The fourth-order valence-electron chi connectivity index (χ4n) is 2.99. The number of aromatic nitrogens is 4. The number of carbonyl (C=O) groups excluding carboxylic acids is 1. The van der Waals surface area contributed by atoms with Crippen LogP contribution in [0.3, 0.4) is 0 Å². The molecule has 7 nitrogen and oxygen atoms in total. The predicted molar refractivity (Wildman–Crippen MR) is 110 cm³/mol. The second-order valence-electron chi connectivity index (χ2n) is 6.83. The van der Waals surface area contributed by atoms with Gasteiger partial charge in [0.25, 0.3) is 5.89 Å². The second-order valence-corrected chi connectivity index (χ2v) is 6.83. The van der Waals surface area contributed by atoms with E-state index in [1.165, 1.54) is 17.7 Å². The number of halogens is 1. The van der Waals surface area contributed by atoms with Gasteiger partial charge in [-0.05, 0) is 55.3 Å². The summed E-state index contributed by atoms with van der Waals surface area (Å²) in [6.45, 7) is 3.99. The third kappa shape index (κ3) is 4.27. The number of carbonyl (C=O) groups is 1. The van der Waals surface area contributed by atoms with Crippen molar-refractivity contribution in [3.8, 4) is 23.0 Å². The van der Waals surface area contributed by atoms with Crippen molar-refractivity contribution in [3.05, 3.63) is 71.9 Å². The summed E-state index contributed by atoms with van der Waals surface area (Å²) in [7, 11) is 0. The third-order valence-electron chi connectivity index (χ3n) is 4.68. The lowest BCUT2D eigenvalue weighted by atomic mass is 10.1. The first-order chi connectivity index (χ1) is 14.5. The van der Waals surface area contributed by atoms with Crippen LogP contribution >= 0.6 is 0 Å². The minimum absolute atomic E-state index is 0.108. The number of amides is 1. The number of nitrogens with one attached hydrogen (secondary N) is 1. The number of nitrogens with zero attached hydrogens (tertiary/aromatic N) is 4. The Labute approximate surface area is 172 Å². The van der Waals surface area contributed by atoms with Gasteiger partial charge in [-0.1, -0.05) is 24.2 Å². The zero-order valence-corrected chi connectivity index (χ0v) is 16.6. The Morgan fingerprint density at radius 1 is 1.10 bits per heavy atom. The van der Waals surface area contributed by atoms with Gasteiger partial charge in [0.1, 0.15) is 23.9 Å². The van der Waals surface area contributed by atoms with Crippen LogP contribution < -0.4 is 5.32 Å². The van der Waals surface area contributed by atoms with Crippen molar-refractivity contribution in [3.63, 3.8) is 0 Å². The first-order valence-corrected chi connectivity index (χ1v) is 9.54. The fourth-order valence-corrected chi connectivity index (χ4v) is 2.99. The summed E-state index contributed by atoms with van der Waals surface area (Å²) in [4.78, 5) is 21.2. The molecule has 0 aliphatic carbocycles. The SMILES string of the molecule is CCc1ccc(NC(=O)Cn2cc(-c3noc(-c4ccc(F)cc4)n3)nc2C)cc1. The van der Waals surface area contributed by atoms with Crippen LogP contribution in [-0.4, -0.2) is 25.6 Å². The minimum Gasteiger partial charge on any atom is -0.334 e. The number of aryl methyl sites for hydroxylation is 2. The monoisotopic (exact) mass is 405 g/mol. The molecule has 0 radical (unpaired) electrons. The Bertz CT molecular complexity index is 1160. The van der Waals surface area contributed by atoms with E-state index in [1.807, 2.05) is 24.3 Å². The van der Waals surface area contributed by atoms with Gasteiger partial charge < -0.3 is 14.4 Å². The highest BCUT2D eigenvalue weighted by Gasteiger charge is 2.16. The summed E-state index contributed by atoms with van der Waals surface area (Å²) in [5, 5.41) is 6.83. The smallest absolute Gasteiger partial charge is 0.258 e. The van der Waals surface area contributed by atoms with Crippen LogP contribution in [0, 0.1) is 12.7 Å². The summed E-state index contributed by atoms with van der Waals surface area (Å²) >= 11 is 0. The summed E-state index contributed by atoms with van der Waals surface area (Å²) in [6.07, 6.45) is 2.65. The molecule has 2 aromatic carbocycles. The van der Waals surface area contributed by atoms with Gasteiger partial charge >= 0.3 is 0 Å². The molecule has 4 aromatic rings. The molecule has 0 fully saturated rings. The number of anilines is 1. The lowest BCUT2D eigenvalue weighted by Crippen LogP contribution is -2.19. The molecular formula is C22H20FN5O2. The lowest BCUT2D eigenvalue weighted by molar-refractivity contribution is -0.116. The molecule has 8 heteroatoms. The molecule has 0 aliphatic heterocycles. The van der Waals surface area contributed by atoms with Crippen LogP contribution in [0.2, 0.25) is 0 Å². The Morgan fingerprint density at radius 3 is 2.53 bits per heavy atom. The van der Waals surface area contributed by atoms with Crippen molar-refractivity contribution in [2.75, 3.05) is 5.32 Å². The van der Waals surface area contributed by atoms with Crippen LogP contribution in [-0.2, 0) is 17.8 Å². The highest BCUT2D eigenvalue weighted by molar-refractivity contribution is 5.90. The zero-order valence-electron chi connectivity index (χ0n) is 16.6. The van der Waals surface area contributed by atoms with Crippen molar-refractivity contribution in [2.45, 2.75) is 26.8 Å². The molecule has 30 heavy (non-hydrogen) atoms. The number of hydrogen-bond donors (Lipinski definition) is 1. The number of imidazole rings is 1. The maximum atomic E-state index is 13.1. The Hall–Kier alpha value is -3.81. The first kappa shape index (κ1) is 19.5. The highest BCUT2D eigenvalue weighted by Crippen LogP contribution is 2.22. The van der Waals surface area contributed by atoms with Gasteiger partial charge in [0.2, 0.25) is 11.7 Å². The van der Waals surface area contributed by atoms with Gasteiger partial charge in [0, 0.05) is 17.4 Å². The van der Waals surface area contributed by atoms with E-state index in [-0.39, 0.29) is 24.2 Å². The van der Waals surface area contributed by atoms with E-state index in [4.69, 9.17) is 4.52 Å². The molecule has 4 rings (SSSR count). The van der Waals surface area contributed by atoms with Crippen LogP contribution in [0.4, 0.5) is 10.1 Å². The highest BCUT2D eigenvalue weighted by atomic mass is 19.1. The maximum absolute atomic E-state index is 13.1. The van der Waals surface area contributed by atoms with Crippen molar-refractivity contribution in [2.24, 2.45) is 0 Å². The molecule has 0 saturated carbocycles. The maximum Gasteiger partial charge on any atom is 0.258 e. The largest absolute Gasteiger partial charge is 0.334 e.